The predicted octanol–water partition coefficient (Wildman–Crippen LogP) is 5.33. The van der Waals surface area contributed by atoms with Crippen LogP contribution in [0.15, 0.2) is 79.1 Å². The molecule has 5 atom stereocenters. The van der Waals surface area contributed by atoms with Crippen molar-refractivity contribution in [2.45, 2.75) is 68.6 Å². The highest BCUT2D eigenvalue weighted by Crippen LogP contribution is 2.41. The second kappa shape index (κ2) is 18.7. The second-order valence-electron chi connectivity index (χ2n) is 15.2. The van der Waals surface area contributed by atoms with Crippen molar-refractivity contribution in [3.05, 3.63) is 90.3 Å². The summed E-state index contributed by atoms with van der Waals surface area (Å²) in [5.74, 6) is -0.439. The van der Waals surface area contributed by atoms with Gasteiger partial charge in [-0.15, -0.1) is 0 Å². The van der Waals surface area contributed by atoms with Gasteiger partial charge in [-0.2, -0.15) is 23.1 Å². The zero-order chi connectivity index (χ0) is 44.1. The molecular weight excluding hydrogens is 812 g/mol. The van der Waals surface area contributed by atoms with Crippen LogP contribution in [0.25, 0.3) is 11.2 Å². The fourth-order valence-corrected chi connectivity index (χ4v) is 8.37. The summed E-state index contributed by atoms with van der Waals surface area (Å²) in [6, 6.07) is 20.0. The number of benzene rings is 3. The molecule has 0 unspecified atom stereocenters. The topological polar surface area (TPSA) is 188 Å². The van der Waals surface area contributed by atoms with E-state index in [1.54, 1.807) is 19.1 Å². The Bertz CT molecular complexity index is 2270. The maximum absolute atomic E-state index is 13.7. The lowest BCUT2D eigenvalue weighted by Crippen LogP contribution is -2.51. The molecule has 0 radical (unpaired) electrons. The molecule has 5 N–H and O–H groups in total. The molecule has 2 fully saturated rings. The SMILES string of the molecule is CCCN(C(=O)C(F)(F)F)[C@H]1C[C@@H](n2cnc3c(NCC(c4ccccc4)c4ccccc4)nc(N4CC[C@@H](NC(=O)Nc5cc(OC)c(OC)c(OC)c5)C4)nc32)[C@H](O)[C@@H]1O. The van der Waals surface area contributed by atoms with Crippen molar-refractivity contribution >= 4 is 40.6 Å². The first kappa shape index (κ1) is 43.7. The number of amides is 3. The Morgan fingerprint density at radius 2 is 1.58 bits per heavy atom. The number of aliphatic hydroxyl groups is 2. The highest BCUT2D eigenvalue weighted by atomic mass is 19.4. The molecule has 1 saturated heterocycles. The Labute approximate surface area is 356 Å². The van der Waals surface area contributed by atoms with Crippen molar-refractivity contribution < 1.29 is 47.2 Å². The second-order valence-corrected chi connectivity index (χ2v) is 15.2. The van der Waals surface area contributed by atoms with Gasteiger partial charge in [0.25, 0.3) is 0 Å². The summed E-state index contributed by atoms with van der Waals surface area (Å²) in [5, 5.41) is 31.9. The van der Waals surface area contributed by atoms with E-state index in [1.165, 1.54) is 32.2 Å². The molecule has 330 valence electrons. The van der Waals surface area contributed by atoms with E-state index in [2.05, 4.69) is 20.9 Å². The standard InChI is InChI=1S/C43H50F3N9O7/c1-5-17-54(40(58)43(44,45)46)30-21-31(36(57)35(30)56)55-24-48-34-38(47-22-29(25-12-8-6-9-13-25)26-14-10-7-11-15-26)51-41(52-39(34)55)53-18-16-27(23-53)49-42(59)50-28-19-32(60-2)37(62-4)33(20-28)61-3/h6-15,19-20,24,27,29-31,35-36,56-57H,5,16-18,21-23H2,1-4H3,(H,47,51,52)(H2,49,50,59)/t27-,30+,31-,35-,36+/m1/s1. The van der Waals surface area contributed by atoms with E-state index in [0.29, 0.717) is 65.2 Å². The fourth-order valence-electron chi connectivity index (χ4n) is 8.37. The maximum Gasteiger partial charge on any atom is 0.471 e. The molecule has 5 aromatic rings. The third-order valence-electron chi connectivity index (χ3n) is 11.4. The zero-order valence-corrected chi connectivity index (χ0v) is 34.7. The van der Waals surface area contributed by atoms with E-state index in [4.69, 9.17) is 24.2 Å². The first-order valence-corrected chi connectivity index (χ1v) is 20.3. The molecule has 0 spiro atoms. The van der Waals surface area contributed by atoms with Gasteiger partial charge < -0.3 is 54.7 Å². The van der Waals surface area contributed by atoms with Crippen LogP contribution in [-0.4, -0.2) is 125 Å². The smallest absolute Gasteiger partial charge is 0.471 e. The molecule has 62 heavy (non-hydrogen) atoms. The maximum atomic E-state index is 13.7. The van der Waals surface area contributed by atoms with Crippen molar-refractivity contribution in [3.63, 3.8) is 0 Å². The van der Waals surface area contributed by atoms with Gasteiger partial charge in [0.2, 0.25) is 11.7 Å². The number of imidazole rings is 1. The third-order valence-corrected chi connectivity index (χ3v) is 11.4. The van der Waals surface area contributed by atoms with Crippen molar-refractivity contribution in [1.29, 1.82) is 0 Å². The van der Waals surface area contributed by atoms with Crippen molar-refractivity contribution in [1.82, 2.24) is 29.7 Å². The molecule has 2 aliphatic rings. The van der Waals surface area contributed by atoms with Crippen LogP contribution in [-0.2, 0) is 4.79 Å². The number of fused-ring (bicyclic) bond motifs is 1. The minimum Gasteiger partial charge on any atom is -0.493 e. The van der Waals surface area contributed by atoms with Crippen LogP contribution >= 0.6 is 0 Å². The fraction of sp³-hybridized carbons (Fsp3) is 0.419. The van der Waals surface area contributed by atoms with Gasteiger partial charge in [-0.3, -0.25) is 4.79 Å². The molecule has 1 aliphatic carbocycles. The number of halogens is 3. The zero-order valence-electron chi connectivity index (χ0n) is 34.7. The number of nitrogens with one attached hydrogen (secondary N) is 3. The highest BCUT2D eigenvalue weighted by molar-refractivity contribution is 5.90. The number of methoxy groups -OCH3 is 3. The predicted molar refractivity (Wildman–Crippen MR) is 225 cm³/mol. The number of hydrogen-bond donors (Lipinski definition) is 5. The lowest BCUT2D eigenvalue weighted by Gasteiger charge is -2.31. The molecule has 1 aliphatic heterocycles. The summed E-state index contributed by atoms with van der Waals surface area (Å²) in [6.45, 7) is 2.51. The Morgan fingerprint density at radius 3 is 2.16 bits per heavy atom. The van der Waals surface area contributed by atoms with E-state index < -0.39 is 42.4 Å². The van der Waals surface area contributed by atoms with Crippen LogP contribution in [0.5, 0.6) is 17.2 Å². The van der Waals surface area contributed by atoms with Crippen LogP contribution in [0.1, 0.15) is 49.3 Å². The number of alkyl halides is 3. The third kappa shape index (κ3) is 9.13. The van der Waals surface area contributed by atoms with Crippen LogP contribution in [0, 0.1) is 0 Å². The van der Waals surface area contributed by atoms with Gasteiger partial charge in [0.15, 0.2) is 28.5 Å². The van der Waals surface area contributed by atoms with Crippen LogP contribution < -0.4 is 35.1 Å². The first-order chi connectivity index (χ1) is 29.8. The van der Waals surface area contributed by atoms with E-state index in [9.17, 15) is 33.0 Å². The van der Waals surface area contributed by atoms with Gasteiger partial charge in [-0.1, -0.05) is 67.6 Å². The number of aromatic nitrogens is 4. The summed E-state index contributed by atoms with van der Waals surface area (Å²) < 4.78 is 58.9. The average molecular weight is 862 g/mol. The molecule has 3 aromatic carbocycles. The number of carbonyl (C=O) groups is 2. The largest absolute Gasteiger partial charge is 0.493 e. The Morgan fingerprint density at radius 1 is 0.935 bits per heavy atom. The number of rotatable bonds is 15. The highest BCUT2D eigenvalue weighted by Gasteiger charge is 2.51. The number of aliphatic hydroxyl groups excluding tert-OH is 2. The minimum absolute atomic E-state index is 0.110. The van der Waals surface area contributed by atoms with Crippen molar-refractivity contribution in [3.8, 4) is 17.2 Å². The normalized spacial score (nSPS) is 20.0. The molecule has 1 saturated carbocycles. The van der Waals surface area contributed by atoms with Gasteiger partial charge in [0.05, 0.1) is 45.4 Å². The Kier molecular flexibility index (Phi) is 13.2. The first-order valence-electron chi connectivity index (χ1n) is 20.3. The van der Waals surface area contributed by atoms with Gasteiger partial charge in [0.1, 0.15) is 12.2 Å². The summed E-state index contributed by atoms with van der Waals surface area (Å²) in [6.07, 6.45) is -6.44. The molecule has 3 amide bonds. The lowest BCUT2D eigenvalue weighted by atomic mass is 9.91. The van der Waals surface area contributed by atoms with E-state index in [-0.39, 0.29) is 42.9 Å². The van der Waals surface area contributed by atoms with E-state index >= 15 is 0 Å². The van der Waals surface area contributed by atoms with Gasteiger partial charge in [0, 0.05) is 50.3 Å². The van der Waals surface area contributed by atoms with Gasteiger partial charge >= 0.3 is 18.1 Å². The Hall–Kier alpha value is -6.34. The summed E-state index contributed by atoms with van der Waals surface area (Å²) in [4.78, 5) is 42.8. The molecule has 0 bridgehead atoms. The number of anilines is 3. The number of urea groups is 1. The molecular formula is C43H50F3N9O7. The van der Waals surface area contributed by atoms with Gasteiger partial charge in [-0.25, -0.2) is 9.78 Å². The lowest BCUT2D eigenvalue weighted by molar-refractivity contribution is -0.190. The summed E-state index contributed by atoms with van der Waals surface area (Å²) in [7, 11) is 4.44. The summed E-state index contributed by atoms with van der Waals surface area (Å²) >= 11 is 0. The minimum atomic E-state index is -5.17. The molecule has 19 heteroatoms. The number of ether oxygens (including phenoxy) is 3. The van der Waals surface area contributed by atoms with Crippen LogP contribution in [0.3, 0.4) is 0 Å². The number of carbonyl (C=O) groups excluding carboxylic acids is 2. The van der Waals surface area contributed by atoms with Crippen LogP contribution in [0.4, 0.5) is 35.4 Å². The quantitative estimate of drug-likeness (QED) is 0.0912. The van der Waals surface area contributed by atoms with Crippen molar-refractivity contribution in [2.24, 2.45) is 0 Å². The number of nitrogens with zero attached hydrogens (tertiary/aromatic N) is 6. The van der Waals surface area contributed by atoms with Crippen LogP contribution in [0.2, 0.25) is 0 Å². The van der Waals surface area contributed by atoms with E-state index in [1.807, 2.05) is 65.6 Å². The average Bonchev–Trinajstić information content (AvgIpc) is 3.99. The number of hydrogen-bond acceptors (Lipinski definition) is 12. The molecule has 2 aromatic heterocycles. The monoisotopic (exact) mass is 861 g/mol. The Balaban J connectivity index is 1.19. The molecule has 7 rings (SSSR count). The van der Waals surface area contributed by atoms with Crippen molar-refractivity contribution in [2.75, 3.05) is 63.0 Å². The summed E-state index contributed by atoms with van der Waals surface area (Å²) in [5.41, 5.74) is 3.11. The molecule has 16 nitrogen and oxygen atoms in total. The molecule has 3 heterocycles. The van der Waals surface area contributed by atoms with E-state index in [0.717, 1.165) is 11.1 Å². The van der Waals surface area contributed by atoms with Gasteiger partial charge in [-0.05, 0) is 30.4 Å².